The van der Waals surface area contributed by atoms with Gasteiger partial charge >= 0.3 is 152 Å². The number of benzene rings is 2. The van der Waals surface area contributed by atoms with Crippen molar-refractivity contribution >= 4 is 31.2 Å². The van der Waals surface area contributed by atoms with Crippen molar-refractivity contribution in [2.45, 2.75) is 49.7 Å². The summed E-state index contributed by atoms with van der Waals surface area (Å²) in [6.45, 7) is 4.49. The molecule has 0 aliphatic carbocycles. The van der Waals surface area contributed by atoms with Crippen LogP contribution in [0, 0.1) is 0 Å². The molecule has 1 unspecified atom stereocenters. The fourth-order valence-corrected chi connectivity index (χ4v) is 6.13. The van der Waals surface area contributed by atoms with Gasteiger partial charge in [-0.15, -0.1) is 0 Å². The molecule has 0 N–H and O–H groups in total. The first-order chi connectivity index (χ1) is 11.3. The van der Waals surface area contributed by atoms with E-state index in [9.17, 15) is 0 Å². The first kappa shape index (κ1) is 18.4. The second-order valence-corrected chi connectivity index (χ2v) is 9.20. The molecule has 0 aliphatic heterocycles. The van der Waals surface area contributed by atoms with Gasteiger partial charge in [0.25, 0.3) is 0 Å². The summed E-state index contributed by atoms with van der Waals surface area (Å²) < 4.78 is 3.09. The molecule has 0 aliphatic rings. The summed E-state index contributed by atoms with van der Waals surface area (Å²) in [6.07, 6.45) is 7.59. The SMILES string of the molecule is C/C=C(\[Se]c1ccccc1)C(CCCCC)Sc1ccccc1. The summed E-state index contributed by atoms with van der Waals surface area (Å²) >= 11 is 2.46. The van der Waals surface area contributed by atoms with Gasteiger partial charge in [-0.1, -0.05) is 0 Å². The van der Waals surface area contributed by atoms with Crippen molar-refractivity contribution in [3.8, 4) is 0 Å². The molecule has 0 spiro atoms. The van der Waals surface area contributed by atoms with E-state index in [2.05, 4.69) is 80.6 Å². The van der Waals surface area contributed by atoms with Crippen molar-refractivity contribution in [1.29, 1.82) is 0 Å². The van der Waals surface area contributed by atoms with Crippen molar-refractivity contribution in [3.05, 3.63) is 71.2 Å². The quantitative estimate of drug-likeness (QED) is 0.303. The number of hydrogen-bond donors (Lipinski definition) is 0. The van der Waals surface area contributed by atoms with Crippen molar-refractivity contribution in [2.24, 2.45) is 0 Å². The van der Waals surface area contributed by atoms with Gasteiger partial charge in [0.1, 0.15) is 0 Å². The molecule has 2 aromatic rings. The normalized spacial score (nSPS) is 13.0. The molecular formula is C21H26SSe. The second kappa shape index (κ2) is 10.8. The van der Waals surface area contributed by atoms with Gasteiger partial charge in [0, 0.05) is 0 Å². The molecule has 2 aromatic carbocycles. The first-order valence-corrected chi connectivity index (χ1v) is 11.0. The van der Waals surface area contributed by atoms with E-state index in [0.29, 0.717) is 20.2 Å². The zero-order chi connectivity index (χ0) is 16.3. The van der Waals surface area contributed by atoms with Crippen LogP contribution < -0.4 is 4.46 Å². The molecule has 0 bridgehead atoms. The fourth-order valence-electron chi connectivity index (χ4n) is 2.44. The van der Waals surface area contributed by atoms with Crippen molar-refractivity contribution in [2.75, 3.05) is 0 Å². The molecule has 23 heavy (non-hydrogen) atoms. The summed E-state index contributed by atoms with van der Waals surface area (Å²) in [5, 5.41) is 0.606. The molecule has 0 amide bonds. The Morgan fingerprint density at radius 3 is 2.26 bits per heavy atom. The third-order valence-corrected chi connectivity index (χ3v) is 7.98. The Labute approximate surface area is 151 Å². The van der Waals surface area contributed by atoms with Crippen LogP contribution in [0.25, 0.3) is 0 Å². The van der Waals surface area contributed by atoms with Crippen LogP contribution in [0.3, 0.4) is 0 Å². The summed E-state index contributed by atoms with van der Waals surface area (Å²) in [4.78, 5) is 1.39. The van der Waals surface area contributed by atoms with Crippen LogP contribution >= 0.6 is 11.8 Å². The third kappa shape index (κ3) is 6.59. The molecule has 2 heteroatoms. The van der Waals surface area contributed by atoms with Gasteiger partial charge in [0.05, 0.1) is 0 Å². The maximum absolute atomic E-state index is 2.36. The molecule has 0 saturated carbocycles. The van der Waals surface area contributed by atoms with E-state index in [-0.39, 0.29) is 0 Å². The Bertz CT molecular complexity index is 577. The zero-order valence-electron chi connectivity index (χ0n) is 14.1. The number of allylic oxidation sites excluding steroid dienone is 1. The second-order valence-electron chi connectivity index (χ2n) is 5.52. The van der Waals surface area contributed by atoms with Gasteiger partial charge in [-0.2, -0.15) is 0 Å². The number of unbranched alkanes of at least 4 members (excludes halogenated alkanes) is 2. The van der Waals surface area contributed by atoms with Crippen molar-refractivity contribution in [3.63, 3.8) is 0 Å². The topological polar surface area (TPSA) is 0 Å². The zero-order valence-corrected chi connectivity index (χ0v) is 16.6. The third-order valence-electron chi connectivity index (χ3n) is 3.67. The Morgan fingerprint density at radius 1 is 1.00 bits per heavy atom. The minimum absolute atomic E-state index is 0.425. The van der Waals surface area contributed by atoms with Crippen LogP contribution in [0.1, 0.15) is 39.5 Å². The van der Waals surface area contributed by atoms with Gasteiger partial charge in [0.15, 0.2) is 0 Å². The van der Waals surface area contributed by atoms with E-state index < -0.39 is 0 Å². The first-order valence-electron chi connectivity index (χ1n) is 8.44. The van der Waals surface area contributed by atoms with Crippen molar-refractivity contribution < 1.29 is 0 Å². The molecule has 0 aromatic heterocycles. The predicted molar refractivity (Wildman–Crippen MR) is 106 cm³/mol. The Kier molecular flexibility index (Phi) is 8.60. The number of hydrogen-bond acceptors (Lipinski definition) is 1. The van der Waals surface area contributed by atoms with E-state index in [1.807, 2.05) is 11.8 Å². The van der Waals surface area contributed by atoms with Gasteiger partial charge in [-0.05, 0) is 0 Å². The molecule has 122 valence electrons. The summed E-state index contributed by atoms with van der Waals surface area (Å²) in [5.41, 5.74) is 0. The van der Waals surface area contributed by atoms with E-state index >= 15 is 0 Å². The molecular weight excluding hydrogens is 363 g/mol. The Morgan fingerprint density at radius 2 is 1.65 bits per heavy atom. The molecule has 2 rings (SSSR count). The molecule has 0 fully saturated rings. The van der Waals surface area contributed by atoms with Gasteiger partial charge < -0.3 is 0 Å². The van der Waals surface area contributed by atoms with Crippen LogP contribution in [0.4, 0.5) is 0 Å². The van der Waals surface area contributed by atoms with Crippen LogP contribution in [-0.2, 0) is 0 Å². The van der Waals surface area contributed by atoms with Crippen molar-refractivity contribution in [1.82, 2.24) is 0 Å². The molecule has 0 radical (unpaired) electrons. The fraction of sp³-hybridized carbons (Fsp3) is 0.333. The van der Waals surface area contributed by atoms with E-state index in [0.717, 1.165) is 0 Å². The van der Waals surface area contributed by atoms with Crippen LogP contribution in [0.5, 0.6) is 0 Å². The maximum atomic E-state index is 2.36. The number of rotatable bonds is 9. The standard InChI is InChI=1S/C21H26SSe/c1-3-5-8-17-20(22-18-13-9-6-10-14-18)21(4-2)23-19-15-11-7-12-16-19/h4,6-7,9-16,20H,3,5,8,17H2,1-2H3/b21-4-. The summed E-state index contributed by atoms with van der Waals surface area (Å²) in [6, 6.07) is 21.8. The average molecular weight is 389 g/mol. The molecule has 0 nitrogen and oxygen atoms in total. The predicted octanol–water partition coefficient (Wildman–Crippen LogP) is 5.66. The summed E-state index contributed by atoms with van der Waals surface area (Å²) in [5.74, 6) is 0. The van der Waals surface area contributed by atoms with E-state index in [1.165, 1.54) is 35.0 Å². The Hall–Kier alpha value is -0.951. The van der Waals surface area contributed by atoms with Crippen LogP contribution in [-0.4, -0.2) is 20.2 Å². The van der Waals surface area contributed by atoms with Gasteiger partial charge in [-0.3, -0.25) is 0 Å². The molecule has 0 saturated heterocycles. The molecule has 0 heterocycles. The average Bonchev–Trinajstić information content (AvgIpc) is 2.61. The number of thioether (sulfide) groups is 1. The monoisotopic (exact) mass is 390 g/mol. The molecule has 1 atom stereocenters. The Balaban J connectivity index is 2.09. The minimum atomic E-state index is 0.425. The van der Waals surface area contributed by atoms with E-state index in [4.69, 9.17) is 0 Å². The van der Waals surface area contributed by atoms with E-state index in [1.54, 1.807) is 4.47 Å². The van der Waals surface area contributed by atoms with Crippen LogP contribution in [0.2, 0.25) is 0 Å². The summed E-state index contributed by atoms with van der Waals surface area (Å²) in [7, 11) is 0. The van der Waals surface area contributed by atoms with Gasteiger partial charge in [-0.25, -0.2) is 0 Å². The van der Waals surface area contributed by atoms with Crippen LogP contribution in [0.15, 0.2) is 76.1 Å². The van der Waals surface area contributed by atoms with Gasteiger partial charge in [0.2, 0.25) is 0 Å².